The molecule has 27 heavy (non-hydrogen) atoms. The van der Waals surface area contributed by atoms with Gasteiger partial charge in [-0.1, -0.05) is 36.4 Å². The lowest BCUT2D eigenvalue weighted by Gasteiger charge is -2.25. The Morgan fingerprint density at radius 1 is 1.07 bits per heavy atom. The zero-order valence-corrected chi connectivity index (χ0v) is 15.6. The summed E-state index contributed by atoms with van der Waals surface area (Å²) in [7, 11) is 1.78. The number of carbonyl (C=O) groups is 2. The van der Waals surface area contributed by atoms with Gasteiger partial charge in [0.1, 0.15) is 0 Å². The van der Waals surface area contributed by atoms with E-state index in [1.807, 2.05) is 30.3 Å². The molecule has 0 bridgehead atoms. The van der Waals surface area contributed by atoms with Crippen molar-refractivity contribution in [1.82, 2.24) is 9.80 Å². The molecule has 2 amide bonds. The van der Waals surface area contributed by atoms with E-state index in [-0.39, 0.29) is 11.8 Å². The van der Waals surface area contributed by atoms with Crippen LogP contribution in [0.15, 0.2) is 54.6 Å². The van der Waals surface area contributed by atoms with Gasteiger partial charge < -0.3 is 15.0 Å². The molecule has 0 spiro atoms. The van der Waals surface area contributed by atoms with Crippen molar-refractivity contribution >= 4 is 17.5 Å². The molecule has 1 saturated heterocycles. The van der Waals surface area contributed by atoms with Crippen LogP contribution in [0.1, 0.15) is 15.9 Å². The van der Waals surface area contributed by atoms with Crippen molar-refractivity contribution in [2.45, 2.75) is 6.54 Å². The average Bonchev–Trinajstić information content (AvgIpc) is 2.69. The molecule has 6 heteroatoms. The highest BCUT2D eigenvalue weighted by atomic mass is 16.5. The van der Waals surface area contributed by atoms with Crippen LogP contribution >= 0.6 is 0 Å². The molecule has 0 radical (unpaired) electrons. The van der Waals surface area contributed by atoms with E-state index in [2.05, 4.69) is 10.2 Å². The summed E-state index contributed by atoms with van der Waals surface area (Å²) in [5, 5.41) is 2.88. The summed E-state index contributed by atoms with van der Waals surface area (Å²) in [4.78, 5) is 28.7. The molecular weight excluding hydrogens is 342 g/mol. The number of hydrogen-bond acceptors (Lipinski definition) is 4. The Bertz CT molecular complexity index is 773. The lowest BCUT2D eigenvalue weighted by atomic mass is 10.1. The van der Waals surface area contributed by atoms with Crippen LogP contribution in [0.3, 0.4) is 0 Å². The van der Waals surface area contributed by atoms with Crippen molar-refractivity contribution in [3.05, 3.63) is 65.7 Å². The number of nitrogens with one attached hydrogen (secondary N) is 1. The molecule has 0 saturated carbocycles. The second-order valence-corrected chi connectivity index (χ2v) is 6.66. The fraction of sp³-hybridized carbons (Fsp3) is 0.333. The van der Waals surface area contributed by atoms with Crippen LogP contribution in [0.2, 0.25) is 0 Å². The maximum absolute atomic E-state index is 12.7. The molecular formula is C21H25N3O3. The predicted octanol–water partition coefficient (Wildman–Crippen LogP) is 2.23. The number of hydrogen-bond donors (Lipinski definition) is 1. The molecule has 0 aromatic heterocycles. The molecule has 0 aliphatic carbocycles. The van der Waals surface area contributed by atoms with E-state index in [4.69, 9.17) is 4.74 Å². The third-order valence-corrected chi connectivity index (χ3v) is 4.47. The molecule has 1 N–H and O–H groups in total. The van der Waals surface area contributed by atoms with Gasteiger partial charge in [0.05, 0.1) is 19.8 Å². The fourth-order valence-corrected chi connectivity index (χ4v) is 3.04. The maximum atomic E-state index is 12.7. The Kier molecular flexibility index (Phi) is 6.57. The first-order valence-corrected chi connectivity index (χ1v) is 9.11. The molecule has 3 rings (SSSR count). The van der Waals surface area contributed by atoms with Crippen molar-refractivity contribution in [2.75, 3.05) is 45.2 Å². The first-order valence-electron chi connectivity index (χ1n) is 9.11. The lowest BCUT2D eigenvalue weighted by molar-refractivity contribution is -0.118. The summed E-state index contributed by atoms with van der Waals surface area (Å²) >= 11 is 0. The standard InChI is InChI=1S/C21H25N3O3/c1-23(15-17-6-3-2-4-7-17)21(26)18-8-5-9-19(14-18)22-20(25)16-24-10-12-27-13-11-24/h2-9,14H,10-13,15-16H2,1H3,(H,22,25). The van der Waals surface area contributed by atoms with Gasteiger partial charge in [-0.2, -0.15) is 0 Å². The van der Waals surface area contributed by atoms with E-state index in [0.29, 0.717) is 37.6 Å². The molecule has 142 valence electrons. The van der Waals surface area contributed by atoms with Gasteiger partial charge in [0.25, 0.3) is 5.91 Å². The molecule has 1 aliphatic rings. The van der Waals surface area contributed by atoms with Gasteiger partial charge >= 0.3 is 0 Å². The minimum absolute atomic E-state index is 0.0804. The maximum Gasteiger partial charge on any atom is 0.253 e. The van der Waals surface area contributed by atoms with E-state index < -0.39 is 0 Å². The number of benzene rings is 2. The Labute approximate surface area is 159 Å². The number of nitrogens with zero attached hydrogens (tertiary/aromatic N) is 2. The van der Waals surface area contributed by atoms with Crippen molar-refractivity contribution in [3.8, 4) is 0 Å². The van der Waals surface area contributed by atoms with Gasteiger partial charge in [-0.15, -0.1) is 0 Å². The van der Waals surface area contributed by atoms with E-state index in [0.717, 1.165) is 18.7 Å². The summed E-state index contributed by atoms with van der Waals surface area (Å²) in [5.74, 6) is -0.165. The molecule has 1 fully saturated rings. The normalized spacial score (nSPS) is 14.6. The summed E-state index contributed by atoms with van der Waals surface area (Å²) < 4.78 is 5.29. The lowest BCUT2D eigenvalue weighted by Crippen LogP contribution is -2.41. The Morgan fingerprint density at radius 2 is 1.81 bits per heavy atom. The molecule has 0 atom stereocenters. The van der Waals surface area contributed by atoms with Gasteiger partial charge in [-0.3, -0.25) is 14.5 Å². The van der Waals surface area contributed by atoms with Gasteiger partial charge in [-0.25, -0.2) is 0 Å². The largest absolute Gasteiger partial charge is 0.379 e. The molecule has 1 heterocycles. The van der Waals surface area contributed by atoms with Crippen LogP contribution in [-0.2, 0) is 16.1 Å². The second kappa shape index (κ2) is 9.30. The minimum atomic E-state index is -0.0841. The van der Waals surface area contributed by atoms with Crippen LogP contribution in [0, 0.1) is 0 Å². The summed E-state index contributed by atoms with van der Waals surface area (Å²) in [6.45, 7) is 3.70. The number of amides is 2. The Morgan fingerprint density at radius 3 is 2.56 bits per heavy atom. The molecule has 2 aromatic rings. The van der Waals surface area contributed by atoms with E-state index in [1.165, 1.54) is 0 Å². The third-order valence-electron chi connectivity index (χ3n) is 4.47. The smallest absolute Gasteiger partial charge is 0.253 e. The van der Waals surface area contributed by atoms with Crippen molar-refractivity contribution in [3.63, 3.8) is 0 Å². The van der Waals surface area contributed by atoms with E-state index in [1.54, 1.807) is 36.2 Å². The number of anilines is 1. The Balaban J connectivity index is 1.58. The molecule has 0 unspecified atom stereocenters. The van der Waals surface area contributed by atoms with Gasteiger partial charge in [0, 0.05) is 37.9 Å². The molecule has 6 nitrogen and oxygen atoms in total. The number of ether oxygens (including phenoxy) is 1. The summed E-state index contributed by atoms with van der Waals surface area (Å²) in [6.07, 6.45) is 0. The third kappa shape index (κ3) is 5.64. The van der Waals surface area contributed by atoms with E-state index >= 15 is 0 Å². The first kappa shape index (κ1) is 19.1. The van der Waals surface area contributed by atoms with Crippen molar-refractivity contribution < 1.29 is 14.3 Å². The topological polar surface area (TPSA) is 61.9 Å². The van der Waals surface area contributed by atoms with Crippen molar-refractivity contribution in [2.24, 2.45) is 0 Å². The average molecular weight is 367 g/mol. The van der Waals surface area contributed by atoms with Gasteiger partial charge in [0.2, 0.25) is 5.91 Å². The zero-order chi connectivity index (χ0) is 19.1. The quantitative estimate of drug-likeness (QED) is 0.851. The summed E-state index contributed by atoms with van der Waals surface area (Å²) in [6, 6.07) is 16.9. The Hall–Kier alpha value is -2.70. The zero-order valence-electron chi connectivity index (χ0n) is 15.6. The van der Waals surface area contributed by atoms with Crippen LogP contribution in [0.25, 0.3) is 0 Å². The SMILES string of the molecule is CN(Cc1ccccc1)C(=O)c1cccc(NC(=O)CN2CCOCC2)c1. The molecule has 1 aliphatic heterocycles. The van der Waals surface area contributed by atoms with Crippen LogP contribution in [-0.4, -0.2) is 61.5 Å². The van der Waals surface area contributed by atoms with Gasteiger partial charge in [-0.05, 0) is 23.8 Å². The summed E-state index contributed by atoms with van der Waals surface area (Å²) in [5.41, 5.74) is 2.26. The monoisotopic (exact) mass is 367 g/mol. The highest BCUT2D eigenvalue weighted by Gasteiger charge is 2.16. The van der Waals surface area contributed by atoms with Crippen molar-refractivity contribution in [1.29, 1.82) is 0 Å². The highest BCUT2D eigenvalue weighted by molar-refractivity contribution is 5.97. The number of carbonyl (C=O) groups excluding carboxylic acids is 2. The first-order chi connectivity index (χ1) is 13.1. The van der Waals surface area contributed by atoms with Crippen LogP contribution in [0.5, 0.6) is 0 Å². The van der Waals surface area contributed by atoms with E-state index in [9.17, 15) is 9.59 Å². The molecule has 2 aromatic carbocycles. The fourth-order valence-electron chi connectivity index (χ4n) is 3.04. The highest BCUT2D eigenvalue weighted by Crippen LogP contribution is 2.14. The van der Waals surface area contributed by atoms with Crippen LogP contribution < -0.4 is 5.32 Å². The predicted molar refractivity (Wildman–Crippen MR) is 105 cm³/mol. The number of morpholine rings is 1. The van der Waals surface area contributed by atoms with Gasteiger partial charge in [0.15, 0.2) is 0 Å². The number of rotatable bonds is 6. The second-order valence-electron chi connectivity index (χ2n) is 6.66. The minimum Gasteiger partial charge on any atom is -0.379 e. The van der Waals surface area contributed by atoms with Crippen LogP contribution in [0.4, 0.5) is 5.69 Å².